The van der Waals surface area contributed by atoms with Gasteiger partial charge >= 0.3 is 0 Å². The molecule has 8 nitrogen and oxygen atoms in total. The van der Waals surface area contributed by atoms with Gasteiger partial charge < -0.3 is 25.8 Å². The van der Waals surface area contributed by atoms with E-state index in [4.69, 9.17) is 5.73 Å². The number of nitrogens with two attached hydrogens (primary N) is 1. The van der Waals surface area contributed by atoms with Crippen molar-refractivity contribution in [2.45, 2.75) is 25.8 Å². The lowest BCUT2D eigenvalue weighted by Gasteiger charge is -2.33. The summed E-state index contributed by atoms with van der Waals surface area (Å²) in [5.41, 5.74) is 6.03. The first-order valence-corrected chi connectivity index (χ1v) is 9.59. The fourth-order valence-electron chi connectivity index (χ4n) is 4.23. The van der Waals surface area contributed by atoms with Gasteiger partial charge in [0.2, 0.25) is 11.9 Å². The molecule has 3 aliphatic rings. The lowest BCUT2D eigenvalue weighted by molar-refractivity contribution is -0.119. The Labute approximate surface area is 154 Å². The van der Waals surface area contributed by atoms with Gasteiger partial charge in [-0.15, -0.1) is 0 Å². The maximum Gasteiger partial charge on any atom is 0.223 e. The maximum absolute atomic E-state index is 11.6. The molecule has 2 aliphatic heterocycles. The maximum atomic E-state index is 11.6. The van der Waals surface area contributed by atoms with Gasteiger partial charge in [-0.05, 0) is 25.8 Å². The van der Waals surface area contributed by atoms with Crippen molar-refractivity contribution in [3.63, 3.8) is 0 Å². The van der Waals surface area contributed by atoms with Gasteiger partial charge in [-0.2, -0.15) is 9.97 Å². The van der Waals surface area contributed by atoms with Crippen LogP contribution in [0, 0.1) is 11.8 Å². The van der Waals surface area contributed by atoms with Crippen molar-refractivity contribution >= 4 is 23.5 Å². The van der Waals surface area contributed by atoms with Crippen LogP contribution in [0.4, 0.5) is 17.6 Å². The van der Waals surface area contributed by atoms with E-state index in [1.54, 1.807) is 6.92 Å². The number of aromatic nitrogens is 2. The summed E-state index contributed by atoms with van der Waals surface area (Å²) in [5, 5.41) is 3.14. The van der Waals surface area contributed by atoms with Crippen molar-refractivity contribution in [3.05, 3.63) is 6.07 Å². The molecule has 2 atom stereocenters. The Balaban J connectivity index is 1.52. The highest BCUT2D eigenvalue weighted by Crippen LogP contribution is 2.42. The van der Waals surface area contributed by atoms with Crippen molar-refractivity contribution < 1.29 is 4.79 Å². The third kappa shape index (κ3) is 3.70. The second kappa shape index (κ2) is 6.90. The Bertz CT molecular complexity index is 670. The summed E-state index contributed by atoms with van der Waals surface area (Å²) in [6.07, 6.45) is 2.54. The molecule has 3 heterocycles. The summed E-state index contributed by atoms with van der Waals surface area (Å²) in [6.45, 7) is 7.26. The van der Waals surface area contributed by atoms with Crippen molar-refractivity contribution in [1.29, 1.82) is 0 Å². The Kier molecular flexibility index (Phi) is 4.60. The summed E-state index contributed by atoms with van der Waals surface area (Å²) in [7, 11) is 2.14. The summed E-state index contributed by atoms with van der Waals surface area (Å²) in [6, 6.07) is 2.25. The van der Waals surface area contributed by atoms with Gasteiger partial charge in [0.1, 0.15) is 11.6 Å². The molecule has 142 valence electrons. The highest BCUT2D eigenvalue weighted by Gasteiger charge is 2.43. The molecule has 0 radical (unpaired) electrons. The molecule has 0 spiro atoms. The third-order valence-corrected chi connectivity index (χ3v) is 5.85. The third-order valence-electron chi connectivity index (χ3n) is 5.85. The van der Waals surface area contributed by atoms with E-state index < -0.39 is 0 Å². The number of rotatable bonds is 4. The molecule has 1 aliphatic carbocycles. The zero-order chi connectivity index (χ0) is 18.3. The number of anilines is 3. The van der Waals surface area contributed by atoms with E-state index in [0.717, 1.165) is 56.8 Å². The van der Waals surface area contributed by atoms with Crippen molar-refractivity contribution in [3.8, 4) is 0 Å². The predicted octanol–water partition coefficient (Wildman–Crippen LogP) is 0.162. The first kappa shape index (κ1) is 17.3. The molecular formula is C18H29N7O. The standard InChI is InChI=1S/C18H29N7O/c1-12(26)20-15-11-25(10-14(15)13-3-4-13)17-9-16(21-18(19)22-17)24-7-5-23(2)6-8-24/h9,13-15H,3-8,10-11H2,1-2H3,(H,20,26)(H2,19,21,22). The van der Waals surface area contributed by atoms with Crippen molar-refractivity contribution in [2.24, 2.45) is 11.8 Å². The lowest BCUT2D eigenvalue weighted by atomic mass is 9.98. The van der Waals surface area contributed by atoms with Crippen LogP contribution in [0.15, 0.2) is 6.07 Å². The van der Waals surface area contributed by atoms with Crippen LogP contribution in [0.3, 0.4) is 0 Å². The van der Waals surface area contributed by atoms with Gasteiger partial charge in [0, 0.05) is 58.2 Å². The van der Waals surface area contributed by atoms with E-state index in [1.807, 2.05) is 0 Å². The fourth-order valence-corrected chi connectivity index (χ4v) is 4.23. The van der Waals surface area contributed by atoms with Crippen molar-refractivity contribution in [2.75, 3.05) is 61.8 Å². The number of carbonyl (C=O) groups excluding carboxylic acids is 1. The summed E-state index contributed by atoms with van der Waals surface area (Å²) in [5.74, 6) is 3.39. The minimum atomic E-state index is 0.0443. The number of nitrogen functional groups attached to an aromatic ring is 1. The molecule has 3 N–H and O–H groups in total. The molecular weight excluding hydrogens is 330 g/mol. The average molecular weight is 359 g/mol. The van der Waals surface area contributed by atoms with Crippen LogP contribution < -0.4 is 20.9 Å². The molecule has 2 saturated heterocycles. The van der Waals surface area contributed by atoms with E-state index in [1.165, 1.54) is 12.8 Å². The first-order valence-electron chi connectivity index (χ1n) is 9.59. The van der Waals surface area contributed by atoms with Crippen LogP contribution in [0.1, 0.15) is 19.8 Å². The number of likely N-dealkylation sites (N-methyl/N-ethyl adjacent to an activating group) is 1. The minimum Gasteiger partial charge on any atom is -0.368 e. The van der Waals surface area contributed by atoms with Gasteiger partial charge in [0.25, 0.3) is 0 Å². The Morgan fingerprint density at radius 2 is 1.77 bits per heavy atom. The normalized spacial score (nSPS) is 27.0. The van der Waals surface area contributed by atoms with E-state index in [9.17, 15) is 4.79 Å². The van der Waals surface area contributed by atoms with Crippen LogP contribution in [-0.4, -0.2) is 73.1 Å². The number of carbonyl (C=O) groups is 1. The molecule has 26 heavy (non-hydrogen) atoms. The topological polar surface area (TPSA) is 90.6 Å². The largest absolute Gasteiger partial charge is 0.368 e. The number of nitrogens with zero attached hydrogens (tertiary/aromatic N) is 5. The smallest absolute Gasteiger partial charge is 0.223 e. The first-order chi connectivity index (χ1) is 12.5. The minimum absolute atomic E-state index is 0.0443. The van der Waals surface area contributed by atoms with E-state index >= 15 is 0 Å². The fraction of sp³-hybridized carbons (Fsp3) is 0.722. The van der Waals surface area contributed by atoms with Crippen LogP contribution in [-0.2, 0) is 4.79 Å². The van der Waals surface area contributed by atoms with E-state index in [2.05, 4.69) is 43.1 Å². The second-order valence-electron chi connectivity index (χ2n) is 7.95. The number of hydrogen-bond acceptors (Lipinski definition) is 7. The molecule has 1 saturated carbocycles. The van der Waals surface area contributed by atoms with Gasteiger partial charge in [-0.3, -0.25) is 4.79 Å². The SMILES string of the molecule is CC(=O)NC1CN(c2cc(N3CCN(C)CC3)nc(N)n2)CC1C1CC1. The number of piperazine rings is 1. The second-order valence-corrected chi connectivity index (χ2v) is 7.95. The Hall–Kier alpha value is -2.09. The zero-order valence-corrected chi connectivity index (χ0v) is 15.7. The molecule has 1 aromatic heterocycles. The van der Waals surface area contributed by atoms with Gasteiger partial charge in [-0.1, -0.05) is 0 Å². The highest BCUT2D eigenvalue weighted by molar-refractivity contribution is 5.73. The quantitative estimate of drug-likeness (QED) is 0.791. The summed E-state index contributed by atoms with van der Waals surface area (Å²) in [4.78, 5) is 27.4. The summed E-state index contributed by atoms with van der Waals surface area (Å²) >= 11 is 0. The summed E-state index contributed by atoms with van der Waals surface area (Å²) < 4.78 is 0. The van der Waals surface area contributed by atoms with Crippen LogP contribution in [0.25, 0.3) is 0 Å². The van der Waals surface area contributed by atoms with Gasteiger partial charge in [-0.25, -0.2) is 0 Å². The molecule has 3 fully saturated rings. The molecule has 1 amide bonds. The average Bonchev–Trinajstić information content (AvgIpc) is 3.35. The number of nitrogens with one attached hydrogen (secondary N) is 1. The van der Waals surface area contributed by atoms with Crippen LogP contribution in [0.5, 0.6) is 0 Å². The van der Waals surface area contributed by atoms with Crippen LogP contribution >= 0.6 is 0 Å². The molecule has 4 rings (SSSR count). The predicted molar refractivity (Wildman–Crippen MR) is 102 cm³/mol. The Morgan fingerprint density at radius 1 is 1.12 bits per heavy atom. The highest BCUT2D eigenvalue weighted by atomic mass is 16.1. The number of hydrogen-bond donors (Lipinski definition) is 2. The molecule has 2 unspecified atom stereocenters. The number of amides is 1. The van der Waals surface area contributed by atoms with Gasteiger partial charge in [0.15, 0.2) is 0 Å². The molecule has 1 aromatic rings. The van der Waals surface area contributed by atoms with E-state index in [-0.39, 0.29) is 11.9 Å². The van der Waals surface area contributed by atoms with E-state index in [0.29, 0.717) is 11.9 Å². The van der Waals surface area contributed by atoms with Crippen LogP contribution in [0.2, 0.25) is 0 Å². The van der Waals surface area contributed by atoms with Gasteiger partial charge in [0.05, 0.1) is 6.04 Å². The van der Waals surface area contributed by atoms with Crippen molar-refractivity contribution in [1.82, 2.24) is 20.2 Å². The Morgan fingerprint density at radius 3 is 2.38 bits per heavy atom. The molecule has 8 heteroatoms. The molecule has 0 aromatic carbocycles. The zero-order valence-electron chi connectivity index (χ0n) is 15.7. The molecule has 0 bridgehead atoms. The monoisotopic (exact) mass is 359 g/mol. The lowest BCUT2D eigenvalue weighted by Crippen LogP contribution is -2.45.